The van der Waals surface area contributed by atoms with E-state index in [2.05, 4.69) is 17.6 Å². The lowest BCUT2D eigenvalue weighted by Gasteiger charge is -1.87. The van der Waals surface area contributed by atoms with Crippen LogP contribution in [0.1, 0.15) is 0 Å². The standard InChI is InChI=1S/C6H7O3/c1-2-9-5-3-4-6(7)8/h1-2,5H2,(H,7,8). The van der Waals surface area contributed by atoms with Crippen LogP contribution < -0.4 is 0 Å². The smallest absolute Gasteiger partial charge is 0.381 e. The largest absolute Gasteiger partial charge is 0.472 e. The molecule has 3 heteroatoms. The Bertz CT molecular complexity index is 140. The number of carbonyl (C=O) groups is 1. The molecule has 0 bridgehead atoms. The molecule has 1 N–H and O–H groups in total. The van der Waals surface area contributed by atoms with E-state index in [-0.39, 0.29) is 6.61 Å². The molecule has 0 aliphatic rings. The van der Waals surface area contributed by atoms with E-state index in [1.807, 2.05) is 5.92 Å². The molecule has 0 aromatic rings. The van der Waals surface area contributed by atoms with E-state index in [4.69, 9.17) is 5.11 Å². The third-order valence-electron chi connectivity index (χ3n) is 0.514. The first-order chi connectivity index (χ1) is 4.27. The van der Waals surface area contributed by atoms with Gasteiger partial charge in [0.15, 0.2) is 0 Å². The van der Waals surface area contributed by atoms with Gasteiger partial charge >= 0.3 is 5.97 Å². The van der Waals surface area contributed by atoms with Gasteiger partial charge in [-0.25, -0.2) is 4.79 Å². The first kappa shape index (κ1) is 7.99. The van der Waals surface area contributed by atoms with E-state index in [0.717, 1.165) is 0 Å². The fourth-order valence-electron chi connectivity index (χ4n) is 0.235. The Morgan fingerprint density at radius 3 is 2.89 bits per heavy atom. The molecular weight excluding hydrogens is 120 g/mol. The van der Waals surface area contributed by atoms with E-state index < -0.39 is 5.97 Å². The van der Waals surface area contributed by atoms with Crippen LogP contribution >= 0.6 is 0 Å². The molecule has 0 aromatic heterocycles. The van der Waals surface area contributed by atoms with Gasteiger partial charge in [-0.1, -0.05) is 5.92 Å². The molecule has 0 atom stereocenters. The molecule has 0 amide bonds. The average molecular weight is 127 g/mol. The number of ether oxygens (including phenoxy) is 1. The van der Waals surface area contributed by atoms with E-state index >= 15 is 0 Å². The highest BCUT2D eigenvalue weighted by Crippen LogP contribution is 1.67. The van der Waals surface area contributed by atoms with Crippen LogP contribution in [0, 0.1) is 18.8 Å². The van der Waals surface area contributed by atoms with Gasteiger partial charge in [0.25, 0.3) is 0 Å². The van der Waals surface area contributed by atoms with Crippen molar-refractivity contribution in [2.24, 2.45) is 0 Å². The third kappa shape index (κ3) is 6.99. The molecule has 0 saturated carbocycles. The second-order valence-corrected chi connectivity index (χ2v) is 1.16. The minimum absolute atomic E-state index is 0.135. The summed E-state index contributed by atoms with van der Waals surface area (Å²) < 4.78 is 4.64. The van der Waals surface area contributed by atoms with Crippen molar-refractivity contribution in [3.8, 4) is 11.8 Å². The van der Waals surface area contributed by atoms with Gasteiger partial charge in [-0.15, -0.1) is 0 Å². The van der Waals surface area contributed by atoms with Gasteiger partial charge < -0.3 is 9.84 Å². The molecule has 0 saturated heterocycles. The lowest BCUT2D eigenvalue weighted by Crippen LogP contribution is -1.92. The summed E-state index contributed by atoms with van der Waals surface area (Å²) in [5, 5.41) is 7.97. The lowest BCUT2D eigenvalue weighted by atomic mass is 10.6. The molecule has 0 spiro atoms. The van der Waals surface area contributed by atoms with Crippen LogP contribution in [0.2, 0.25) is 0 Å². The number of carboxylic acid groups (broad SMARTS) is 1. The van der Waals surface area contributed by atoms with E-state index in [0.29, 0.717) is 6.61 Å². The van der Waals surface area contributed by atoms with Crippen molar-refractivity contribution in [3.05, 3.63) is 6.92 Å². The highest BCUT2D eigenvalue weighted by atomic mass is 16.5. The molecule has 0 unspecified atom stereocenters. The van der Waals surface area contributed by atoms with Crippen molar-refractivity contribution in [1.82, 2.24) is 0 Å². The van der Waals surface area contributed by atoms with Gasteiger partial charge in [-0.3, -0.25) is 0 Å². The van der Waals surface area contributed by atoms with Gasteiger partial charge in [0.05, 0.1) is 0 Å². The Kier molecular flexibility index (Phi) is 4.56. The number of aliphatic carboxylic acids is 1. The number of hydrogen-bond donors (Lipinski definition) is 1. The molecular formula is C6H7O3. The predicted octanol–water partition coefficient (Wildman–Crippen LogP) is -0.0749. The molecule has 0 fully saturated rings. The second kappa shape index (κ2) is 5.13. The number of rotatable bonds is 2. The van der Waals surface area contributed by atoms with Crippen LogP contribution in [-0.4, -0.2) is 24.3 Å². The highest BCUT2D eigenvalue weighted by molar-refractivity contribution is 5.86. The van der Waals surface area contributed by atoms with Gasteiger partial charge in [-0.05, 0) is 6.92 Å². The topological polar surface area (TPSA) is 46.5 Å². The molecule has 0 heterocycles. The Morgan fingerprint density at radius 2 is 2.44 bits per heavy atom. The average Bonchev–Trinajstić information content (AvgIpc) is 1.80. The normalized spacial score (nSPS) is 7.67. The number of carboxylic acids is 1. The molecule has 0 rings (SSSR count). The summed E-state index contributed by atoms with van der Waals surface area (Å²) in [5.41, 5.74) is 0. The van der Waals surface area contributed by atoms with Crippen molar-refractivity contribution in [3.63, 3.8) is 0 Å². The van der Waals surface area contributed by atoms with Crippen LogP contribution in [-0.2, 0) is 9.53 Å². The minimum Gasteiger partial charge on any atom is -0.472 e. The van der Waals surface area contributed by atoms with Gasteiger partial charge in [0, 0.05) is 12.5 Å². The zero-order valence-electron chi connectivity index (χ0n) is 4.89. The maximum Gasteiger partial charge on any atom is 0.381 e. The summed E-state index contributed by atoms with van der Waals surface area (Å²) in [6.45, 7) is 3.81. The van der Waals surface area contributed by atoms with E-state index in [1.165, 1.54) is 0 Å². The second-order valence-electron chi connectivity index (χ2n) is 1.16. The Hall–Kier alpha value is -1.01. The molecule has 9 heavy (non-hydrogen) atoms. The predicted molar refractivity (Wildman–Crippen MR) is 31.6 cm³/mol. The van der Waals surface area contributed by atoms with Crippen LogP contribution in [0.15, 0.2) is 0 Å². The summed E-state index contributed by atoms with van der Waals surface area (Å²) in [6.07, 6.45) is 0. The van der Waals surface area contributed by atoms with E-state index in [1.54, 1.807) is 0 Å². The Morgan fingerprint density at radius 1 is 1.78 bits per heavy atom. The summed E-state index contributed by atoms with van der Waals surface area (Å²) in [7, 11) is 0. The molecule has 3 nitrogen and oxygen atoms in total. The van der Waals surface area contributed by atoms with Gasteiger partial charge in [0.2, 0.25) is 0 Å². The Balaban J connectivity index is 3.27. The fourth-order valence-corrected chi connectivity index (χ4v) is 0.235. The van der Waals surface area contributed by atoms with Crippen molar-refractivity contribution in [2.75, 3.05) is 13.2 Å². The SMILES string of the molecule is [CH2]COCC#CC(=O)O. The monoisotopic (exact) mass is 127 g/mol. The van der Waals surface area contributed by atoms with Crippen molar-refractivity contribution in [1.29, 1.82) is 0 Å². The molecule has 1 radical (unpaired) electrons. The lowest BCUT2D eigenvalue weighted by molar-refractivity contribution is -0.130. The first-order valence-electron chi connectivity index (χ1n) is 2.36. The summed E-state index contributed by atoms with van der Waals surface area (Å²) in [5.74, 6) is 3.03. The van der Waals surface area contributed by atoms with Gasteiger partial charge in [-0.2, -0.15) is 0 Å². The molecule has 0 aliphatic carbocycles. The van der Waals surface area contributed by atoms with Crippen LogP contribution in [0.4, 0.5) is 0 Å². The van der Waals surface area contributed by atoms with Crippen LogP contribution in [0.3, 0.4) is 0 Å². The first-order valence-corrected chi connectivity index (χ1v) is 2.36. The van der Waals surface area contributed by atoms with E-state index in [9.17, 15) is 4.79 Å². The zero-order chi connectivity index (χ0) is 7.11. The summed E-state index contributed by atoms with van der Waals surface area (Å²) in [6, 6.07) is 0. The zero-order valence-corrected chi connectivity index (χ0v) is 4.89. The quantitative estimate of drug-likeness (QED) is 0.417. The number of hydrogen-bond acceptors (Lipinski definition) is 2. The highest BCUT2D eigenvalue weighted by Gasteiger charge is 1.80. The maximum absolute atomic E-state index is 9.72. The maximum atomic E-state index is 9.72. The fraction of sp³-hybridized carbons (Fsp3) is 0.333. The minimum atomic E-state index is -1.14. The molecule has 49 valence electrons. The Labute approximate surface area is 53.6 Å². The van der Waals surface area contributed by atoms with Crippen LogP contribution in [0.25, 0.3) is 0 Å². The van der Waals surface area contributed by atoms with Crippen molar-refractivity contribution < 1.29 is 14.6 Å². The van der Waals surface area contributed by atoms with Crippen molar-refractivity contribution >= 4 is 5.97 Å². The third-order valence-corrected chi connectivity index (χ3v) is 0.514. The van der Waals surface area contributed by atoms with Crippen LogP contribution in [0.5, 0.6) is 0 Å². The molecule has 0 aromatic carbocycles. The molecule has 0 aliphatic heterocycles. The summed E-state index contributed by atoms with van der Waals surface area (Å²) >= 11 is 0. The summed E-state index contributed by atoms with van der Waals surface area (Å²) in [4.78, 5) is 9.72. The van der Waals surface area contributed by atoms with Crippen molar-refractivity contribution in [2.45, 2.75) is 0 Å². The van der Waals surface area contributed by atoms with Gasteiger partial charge in [0.1, 0.15) is 6.61 Å².